The third kappa shape index (κ3) is 2.77. The van der Waals surface area contributed by atoms with Crippen molar-refractivity contribution in [3.05, 3.63) is 39.3 Å². The summed E-state index contributed by atoms with van der Waals surface area (Å²) < 4.78 is 37.8. The lowest BCUT2D eigenvalue weighted by atomic mass is 10.0. The third-order valence-electron chi connectivity index (χ3n) is 3.96. The molecule has 1 aromatic carbocycles. The first-order chi connectivity index (χ1) is 11.8. The zero-order chi connectivity index (χ0) is 18.3. The Hall–Kier alpha value is -3.11. The summed E-state index contributed by atoms with van der Waals surface area (Å²) in [6.07, 6.45) is -0.502. The number of amides is 1. The van der Waals surface area contributed by atoms with Gasteiger partial charge in [0, 0.05) is 13.1 Å². The SMILES string of the molecule is COC(=O)N1CC(c2nc(-c3cc(F)c(C)c([N+](=O)[O-])c3F)no2)C1. The van der Waals surface area contributed by atoms with Crippen LogP contribution in [0.5, 0.6) is 0 Å². The molecule has 0 bridgehead atoms. The molecule has 2 heterocycles. The van der Waals surface area contributed by atoms with E-state index in [0.29, 0.717) is 0 Å². The minimum absolute atomic E-state index is 0.123. The monoisotopic (exact) mass is 354 g/mol. The normalized spacial score (nSPS) is 14.3. The quantitative estimate of drug-likeness (QED) is 0.614. The second kappa shape index (κ2) is 6.07. The van der Waals surface area contributed by atoms with Crippen molar-refractivity contribution >= 4 is 11.8 Å². The molecule has 1 aliphatic heterocycles. The molecule has 2 aromatic rings. The Morgan fingerprint density at radius 3 is 2.76 bits per heavy atom. The number of carbonyl (C=O) groups is 1. The van der Waals surface area contributed by atoms with Crippen molar-refractivity contribution in [1.29, 1.82) is 0 Å². The van der Waals surface area contributed by atoms with Crippen LogP contribution in [0.25, 0.3) is 11.4 Å². The van der Waals surface area contributed by atoms with Gasteiger partial charge in [0.05, 0.1) is 29.1 Å². The van der Waals surface area contributed by atoms with Gasteiger partial charge in [-0.15, -0.1) is 0 Å². The Balaban J connectivity index is 1.89. The number of nitro benzene ring substituents is 1. The van der Waals surface area contributed by atoms with Crippen LogP contribution in [0.15, 0.2) is 10.6 Å². The molecular formula is C14H12F2N4O5. The predicted octanol–water partition coefficient (Wildman–Crippen LogP) is 2.40. The smallest absolute Gasteiger partial charge is 0.409 e. The van der Waals surface area contributed by atoms with E-state index in [1.165, 1.54) is 12.0 Å². The van der Waals surface area contributed by atoms with Crippen LogP contribution in [0.2, 0.25) is 0 Å². The molecule has 0 atom stereocenters. The van der Waals surface area contributed by atoms with Gasteiger partial charge in [0.15, 0.2) is 0 Å². The van der Waals surface area contributed by atoms with Crippen LogP contribution in [-0.2, 0) is 4.74 Å². The highest BCUT2D eigenvalue weighted by molar-refractivity contribution is 5.69. The van der Waals surface area contributed by atoms with Crippen molar-refractivity contribution in [2.24, 2.45) is 0 Å². The van der Waals surface area contributed by atoms with Crippen LogP contribution in [0.3, 0.4) is 0 Å². The zero-order valence-electron chi connectivity index (χ0n) is 13.2. The summed E-state index contributed by atoms with van der Waals surface area (Å²) in [4.78, 5) is 26.6. The van der Waals surface area contributed by atoms with E-state index in [1.807, 2.05) is 0 Å². The topological polar surface area (TPSA) is 112 Å². The van der Waals surface area contributed by atoms with E-state index in [2.05, 4.69) is 14.9 Å². The van der Waals surface area contributed by atoms with E-state index >= 15 is 0 Å². The lowest BCUT2D eigenvalue weighted by molar-refractivity contribution is -0.388. The number of likely N-dealkylation sites (tertiary alicyclic amines) is 1. The van der Waals surface area contributed by atoms with Crippen molar-refractivity contribution in [1.82, 2.24) is 15.0 Å². The van der Waals surface area contributed by atoms with E-state index in [1.54, 1.807) is 0 Å². The van der Waals surface area contributed by atoms with Gasteiger partial charge in [0.2, 0.25) is 17.5 Å². The fourth-order valence-corrected chi connectivity index (χ4v) is 2.51. The molecule has 132 valence electrons. The van der Waals surface area contributed by atoms with E-state index in [-0.39, 0.29) is 30.7 Å². The molecule has 0 radical (unpaired) electrons. The number of carbonyl (C=O) groups excluding carboxylic acids is 1. The van der Waals surface area contributed by atoms with Crippen molar-refractivity contribution in [2.45, 2.75) is 12.8 Å². The summed E-state index contributed by atoms with van der Waals surface area (Å²) in [6.45, 7) is 1.66. The number of hydrogen-bond acceptors (Lipinski definition) is 7. The first-order valence-corrected chi connectivity index (χ1v) is 7.13. The van der Waals surface area contributed by atoms with Gasteiger partial charge in [-0.25, -0.2) is 9.18 Å². The van der Waals surface area contributed by atoms with E-state index in [4.69, 9.17) is 4.52 Å². The van der Waals surface area contributed by atoms with Crippen LogP contribution in [0.1, 0.15) is 17.4 Å². The number of methoxy groups -OCH3 is 1. The van der Waals surface area contributed by atoms with Crippen molar-refractivity contribution in [3.8, 4) is 11.4 Å². The molecule has 1 fully saturated rings. The number of halogens is 2. The highest BCUT2D eigenvalue weighted by atomic mass is 19.1. The molecule has 9 nitrogen and oxygen atoms in total. The number of ether oxygens (including phenoxy) is 1. The maximum absolute atomic E-state index is 14.4. The molecular weight excluding hydrogens is 342 g/mol. The number of benzene rings is 1. The number of aromatic nitrogens is 2. The summed E-state index contributed by atoms with van der Waals surface area (Å²) >= 11 is 0. The molecule has 0 spiro atoms. The second-order valence-corrected chi connectivity index (χ2v) is 5.48. The average molecular weight is 354 g/mol. The van der Waals surface area contributed by atoms with Crippen molar-refractivity contribution in [2.75, 3.05) is 20.2 Å². The largest absolute Gasteiger partial charge is 0.453 e. The Labute approximate surface area is 139 Å². The van der Waals surface area contributed by atoms with Gasteiger partial charge in [-0.2, -0.15) is 9.37 Å². The number of hydrogen-bond donors (Lipinski definition) is 0. The average Bonchev–Trinajstić information content (AvgIpc) is 2.98. The van der Waals surface area contributed by atoms with Crippen LogP contribution in [0.4, 0.5) is 19.3 Å². The summed E-state index contributed by atoms with van der Waals surface area (Å²) in [6, 6.07) is 0.786. The Morgan fingerprint density at radius 2 is 2.16 bits per heavy atom. The second-order valence-electron chi connectivity index (χ2n) is 5.48. The van der Waals surface area contributed by atoms with Crippen LogP contribution >= 0.6 is 0 Å². The first kappa shape index (κ1) is 16.7. The van der Waals surface area contributed by atoms with Gasteiger partial charge in [0.1, 0.15) is 5.82 Å². The van der Waals surface area contributed by atoms with E-state index < -0.39 is 39.5 Å². The van der Waals surface area contributed by atoms with Crippen molar-refractivity contribution < 1.29 is 27.8 Å². The van der Waals surface area contributed by atoms with Gasteiger partial charge in [-0.1, -0.05) is 5.16 Å². The molecule has 1 aromatic heterocycles. The standard InChI is InChI=1S/C14H12F2N4O5/c1-6-9(15)3-8(10(16)11(6)20(22)23)12-17-13(25-18-12)7-4-19(5-7)14(21)24-2/h3,7H,4-5H2,1-2H3. The summed E-state index contributed by atoms with van der Waals surface area (Å²) in [7, 11) is 1.25. The highest BCUT2D eigenvalue weighted by Gasteiger charge is 2.37. The molecule has 25 heavy (non-hydrogen) atoms. The molecule has 0 unspecified atom stereocenters. The van der Waals surface area contributed by atoms with Gasteiger partial charge in [-0.3, -0.25) is 10.1 Å². The maximum Gasteiger partial charge on any atom is 0.409 e. The molecule has 1 aliphatic rings. The fourth-order valence-electron chi connectivity index (χ4n) is 2.51. The van der Waals surface area contributed by atoms with E-state index in [9.17, 15) is 23.7 Å². The fraction of sp³-hybridized carbons (Fsp3) is 0.357. The van der Waals surface area contributed by atoms with Crippen LogP contribution in [-0.4, -0.2) is 46.3 Å². The molecule has 0 aliphatic carbocycles. The molecule has 0 N–H and O–H groups in total. The molecule has 0 saturated carbocycles. The van der Waals surface area contributed by atoms with Crippen molar-refractivity contribution in [3.63, 3.8) is 0 Å². The third-order valence-corrected chi connectivity index (χ3v) is 3.96. The zero-order valence-corrected chi connectivity index (χ0v) is 13.2. The predicted molar refractivity (Wildman–Crippen MR) is 77.8 cm³/mol. The lowest BCUT2D eigenvalue weighted by Crippen LogP contribution is -2.48. The molecule has 11 heteroatoms. The number of nitro groups is 1. The summed E-state index contributed by atoms with van der Waals surface area (Å²) in [5, 5.41) is 14.5. The first-order valence-electron chi connectivity index (χ1n) is 7.13. The summed E-state index contributed by atoms with van der Waals surface area (Å²) in [5.41, 5.74) is -1.85. The summed E-state index contributed by atoms with van der Waals surface area (Å²) in [5.74, 6) is -2.63. The minimum Gasteiger partial charge on any atom is -0.453 e. The Morgan fingerprint density at radius 1 is 1.48 bits per heavy atom. The lowest BCUT2D eigenvalue weighted by Gasteiger charge is -2.35. The van der Waals surface area contributed by atoms with E-state index in [0.717, 1.165) is 13.0 Å². The maximum atomic E-state index is 14.4. The molecule has 3 rings (SSSR count). The highest BCUT2D eigenvalue weighted by Crippen LogP contribution is 2.34. The number of rotatable bonds is 3. The van der Waals surface area contributed by atoms with Crippen LogP contribution < -0.4 is 0 Å². The van der Waals surface area contributed by atoms with Gasteiger partial charge >= 0.3 is 11.8 Å². The van der Waals surface area contributed by atoms with Crippen LogP contribution in [0, 0.1) is 28.7 Å². The Bertz CT molecular complexity index is 863. The molecule has 1 saturated heterocycles. The minimum atomic E-state index is -1.24. The molecule has 1 amide bonds. The van der Waals surface area contributed by atoms with Gasteiger partial charge in [0.25, 0.3) is 0 Å². The van der Waals surface area contributed by atoms with Gasteiger partial charge < -0.3 is 14.2 Å². The number of nitrogens with zero attached hydrogens (tertiary/aromatic N) is 4. The van der Waals surface area contributed by atoms with Gasteiger partial charge in [-0.05, 0) is 13.0 Å². The Kier molecular flexibility index (Phi) is 4.07.